The summed E-state index contributed by atoms with van der Waals surface area (Å²) >= 11 is 0. The highest BCUT2D eigenvalue weighted by Gasteiger charge is 2.23. The molecule has 0 atom stereocenters. The summed E-state index contributed by atoms with van der Waals surface area (Å²) in [4.78, 5) is 29.7. The number of nitrogens with one attached hydrogen (secondary N) is 1. The average molecular weight is 469 g/mol. The molecule has 2 heterocycles. The van der Waals surface area contributed by atoms with Gasteiger partial charge in [0, 0.05) is 51.0 Å². The number of ether oxygens (including phenoxy) is 2. The van der Waals surface area contributed by atoms with Gasteiger partial charge in [0.15, 0.2) is 0 Å². The molecule has 0 fully saturated rings. The maximum Gasteiger partial charge on any atom is 0.322 e. The molecule has 0 saturated carbocycles. The zero-order chi connectivity index (χ0) is 24.3. The number of carbonyl (C=O) groups is 2. The van der Waals surface area contributed by atoms with Crippen molar-refractivity contribution in [3.05, 3.63) is 72.4 Å². The Morgan fingerprint density at radius 3 is 2.59 bits per heavy atom. The van der Waals surface area contributed by atoms with Crippen LogP contribution in [0.4, 0.5) is 10.5 Å². The van der Waals surface area contributed by atoms with Crippen molar-refractivity contribution in [1.29, 1.82) is 0 Å². The van der Waals surface area contributed by atoms with Crippen LogP contribution < -0.4 is 10.1 Å². The van der Waals surface area contributed by atoms with Crippen LogP contribution in [0.2, 0.25) is 0 Å². The molecular formula is C25H32N4O5. The van der Waals surface area contributed by atoms with Crippen molar-refractivity contribution in [1.82, 2.24) is 14.4 Å². The Balaban J connectivity index is 1.74. The fraction of sp³-hybridized carbons (Fsp3) is 0.360. The third kappa shape index (κ3) is 7.14. The first-order valence-electron chi connectivity index (χ1n) is 11.1. The van der Waals surface area contributed by atoms with Gasteiger partial charge < -0.3 is 33.6 Å². The van der Waals surface area contributed by atoms with Crippen molar-refractivity contribution < 1.29 is 23.5 Å². The molecular weight excluding hydrogens is 436 g/mol. The zero-order valence-electron chi connectivity index (χ0n) is 19.9. The minimum absolute atomic E-state index is 0.0787. The van der Waals surface area contributed by atoms with Crippen molar-refractivity contribution in [2.45, 2.75) is 19.5 Å². The fourth-order valence-corrected chi connectivity index (χ4v) is 3.50. The SMILES string of the molecule is COCCCN(CC(=O)N(Cc1ccco1)Cc1cccn1C)C(=O)Nc1cccc(OC)c1. The molecule has 182 valence electrons. The number of methoxy groups -OCH3 is 2. The highest BCUT2D eigenvalue weighted by atomic mass is 16.5. The van der Waals surface area contributed by atoms with Crippen molar-refractivity contribution in [3.63, 3.8) is 0 Å². The third-order valence-corrected chi connectivity index (χ3v) is 5.39. The Kier molecular flexibility index (Phi) is 9.16. The standard InChI is InChI=1S/C25H32N4O5/c1-27-12-5-9-21(27)17-29(18-23-11-6-15-34-23)24(30)19-28(13-7-14-32-2)25(31)26-20-8-4-10-22(16-20)33-3/h4-6,8-12,15-16H,7,13-14,17-19H2,1-3H3,(H,26,31). The topological polar surface area (TPSA) is 89.2 Å². The van der Waals surface area contributed by atoms with Gasteiger partial charge in [-0.3, -0.25) is 4.79 Å². The van der Waals surface area contributed by atoms with E-state index < -0.39 is 0 Å². The van der Waals surface area contributed by atoms with Crippen LogP contribution in [-0.2, 0) is 29.7 Å². The Bertz CT molecular complexity index is 1050. The molecule has 3 rings (SSSR count). The number of hydrogen-bond acceptors (Lipinski definition) is 5. The number of carbonyl (C=O) groups excluding carboxylic acids is 2. The van der Waals surface area contributed by atoms with E-state index >= 15 is 0 Å². The smallest absolute Gasteiger partial charge is 0.322 e. The Labute approximate surface area is 199 Å². The summed E-state index contributed by atoms with van der Waals surface area (Å²) < 4.78 is 17.8. The zero-order valence-corrected chi connectivity index (χ0v) is 19.9. The summed E-state index contributed by atoms with van der Waals surface area (Å²) in [6.07, 6.45) is 4.12. The summed E-state index contributed by atoms with van der Waals surface area (Å²) in [6, 6.07) is 14.2. The second-order valence-electron chi connectivity index (χ2n) is 7.87. The van der Waals surface area contributed by atoms with Crippen LogP contribution in [0.5, 0.6) is 5.75 Å². The lowest BCUT2D eigenvalue weighted by molar-refractivity contribution is -0.133. The monoisotopic (exact) mass is 468 g/mol. The molecule has 0 spiro atoms. The van der Waals surface area contributed by atoms with E-state index in [4.69, 9.17) is 13.9 Å². The van der Waals surface area contributed by atoms with Crippen LogP contribution in [-0.4, -0.2) is 60.2 Å². The largest absolute Gasteiger partial charge is 0.497 e. The van der Waals surface area contributed by atoms with Crippen molar-refractivity contribution in [3.8, 4) is 5.75 Å². The van der Waals surface area contributed by atoms with Gasteiger partial charge in [-0.1, -0.05) is 6.07 Å². The third-order valence-electron chi connectivity index (χ3n) is 5.39. The molecule has 3 aromatic rings. The van der Waals surface area contributed by atoms with E-state index in [0.29, 0.717) is 49.9 Å². The molecule has 1 aromatic carbocycles. The molecule has 2 aromatic heterocycles. The number of benzene rings is 1. The summed E-state index contributed by atoms with van der Waals surface area (Å²) in [6.45, 7) is 1.47. The van der Waals surface area contributed by atoms with E-state index in [1.807, 2.05) is 36.0 Å². The van der Waals surface area contributed by atoms with Crippen LogP contribution >= 0.6 is 0 Å². The molecule has 0 bridgehead atoms. The lowest BCUT2D eigenvalue weighted by atomic mass is 10.3. The number of anilines is 1. The molecule has 0 aliphatic heterocycles. The van der Waals surface area contributed by atoms with E-state index in [9.17, 15) is 9.59 Å². The first-order chi connectivity index (χ1) is 16.5. The molecule has 0 unspecified atom stereocenters. The minimum atomic E-state index is -0.366. The summed E-state index contributed by atoms with van der Waals surface area (Å²) in [5.74, 6) is 1.12. The van der Waals surface area contributed by atoms with Gasteiger partial charge in [0.05, 0.1) is 26.5 Å². The van der Waals surface area contributed by atoms with E-state index in [-0.39, 0.29) is 18.5 Å². The normalized spacial score (nSPS) is 10.7. The molecule has 9 heteroatoms. The predicted octanol–water partition coefficient (Wildman–Crippen LogP) is 3.73. The Hall–Kier alpha value is -3.72. The molecule has 0 aliphatic carbocycles. The van der Waals surface area contributed by atoms with Crippen LogP contribution in [0.25, 0.3) is 0 Å². The fourth-order valence-electron chi connectivity index (χ4n) is 3.50. The predicted molar refractivity (Wildman–Crippen MR) is 128 cm³/mol. The number of rotatable bonds is 12. The van der Waals surface area contributed by atoms with Crippen molar-refractivity contribution in [2.75, 3.05) is 39.2 Å². The quantitative estimate of drug-likeness (QED) is 0.409. The molecule has 1 N–H and O–H groups in total. The Morgan fingerprint density at radius 2 is 1.91 bits per heavy atom. The maximum atomic E-state index is 13.4. The number of aryl methyl sites for hydroxylation is 1. The van der Waals surface area contributed by atoms with Crippen LogP contribution in [0.3, 0.4) is 0 Å². The minimum Gasteiger partial charge on any atom is -0.497 e. The second-order valence-corrected chi connectivity index (χ2v) is 7.87. The van der Waals surface area contributed by atoms with Gasteiger partial charge in [-0.25, -0.2) is 4.79 Å². The molecule has 3 amide bonds. The number of nitrogens with zero attached hydrogens (tertiary/aromatic N) is 3. The van der Waals surface area contributed by atoms with E-state index in [1.54, 1.807) is 55.7 Å². The summed E-state index contributed by atoms with van der Waals surface area (Å²) in [5, 5.41) is 2.86. The number of furan rings is 1. The lowest BCUT2D eigenvalue weighted by Gasteiger charge is -2.27. The Morgan fingerprint density at radius 1 is 1.06 bits per heavy atom. The number of urea groups is 1. The molecule has 9 nitrogen and oxygen atoms in total. The van der Waals surface area contributed by atoms with E-state index in [1.165, 1.54) is 4.90 Å². The highest BCUT2D eigenvalue weighted by Crippen LogP contribution is 2.18. The molecule has 0 saturated heterocycles. The average Bonchev–Trinajstić information content (AvgIpc) is 3.50. The van der Waals surface area contributed by atoms with Crippen LogP contribution in [0, 0.1) is 0 Å². The molecule has 34 heavy (non-hydrogen) atoms. The number of aromatic nitrogens is 1. The summed E-state index contributed by atoms with van der Waals surface area (Å²) in [5.41, 5.74) is 1.57. The van der Waals surface area contributed by atoms with Gasteiger partial charge in [-0.2, -0.15) is 0 Å². The highest BCUT2D eigenvalue weighted by molar-refractivity contribution is 5.92. The molecule has 0 radical (unpaired) electrons. The van der Waals surface area contributed by atoms with Crippen LogP contribution in [0.1, 0.15) is 17.9 Å². The van der Waals surface area contributed by atoms with Gasteiger partial charge in [0.25, 0.3) is 0 Å². The number of amides is 3. The second kappa shape index (κ2) is 12.5. The van der Waals surface area contributed by atoms with E-state index in [0.717, 1.165) is 5.69 Å². The summed E-state index contributed by atoms with van der Waals surface area (Å²) in [7, 11) is 5.11. The first-order valence-corrected chi connectivity index (χ1v) is 11.1. The van der Waals surface area contributed by atoms with Gasteiger partial charge in [-0.05, 0) is 42.8 Å². The van der Waals surface area contributed by atoms with Gasteiger partial charge >= 0.3 is 6.03 Å². The van der Waals surface area contributed by atoms with Crippen LogP contribution in [0.15, 0.2) is 65.4 Å². The van der Waals surface area contributed by atoms with Gasteiger partial charge in [0.2, 0.25) is 5.91 Å². The first kappa shape index (κ1) is 24.9. The van der Waals surface area contributed by atoms with Gasteiger partial charge in [-0.15, -0.1) is 0 Å². The molecule has 0 aliphatic rings. The lowest BCUT2D eigenvalue weighted by Crippen LogP contribution is -2.44. The van der Waals surface area contributed by atoms with Gasteiger partial charge in [0.1, 0.15) is 18.1 Å². The van der Waals surface area contributed by atoms with Crippen molar-refractivity contribution in [2.24, 2.45) is 7.05 Å². The maximum absolute atomic E-state index is 13.4. The van der Waals surface area contributed by atoms with Crippen molar-refractivity contribution >= 4 is 17.6 Å². The number of hydrogen-bond donors (Lipinski definition) is 1. The van der Waals surface area contributed by atoms with E-state index in [2.05, 4.69) is 5.32 Å².